The van der Waals surface area contributed by atoms with Gasteiger partial charge in [0.25, 0.3) is 0 Å². The molecule has 1 aliphatic rings. The summed E-state index contributed by atoms with van der Waals surface area (Å²) in [4.78, 5) is 10.6. The monoisotopic (exact) mass is 426 g/mol. The number of rotatable bonds is 5. The van der Waals surface area contributed by atoms with Crippen LogP contribution in [0, 0.1) is 23.0 Å². The molecule has 0 bridgehead atoms. The zero-order chi connectivity index (χ0) is 22.7. The molecule has 0 amide bonds. The minimum atomic E-state index is -0.594. The van der Waals surface area contributed by atoms with Gasteiger partial charge < -0.3 is 4.90 Å². The lowest BCUT2D eigenvalue weighted by molar-refractivity contribution is 0.616. The molecule has 0 atom stereocenters. The Morgan fingerprint density at radius 1 is 1.19 bits per heavy atom. The van der Waals surface area contributed by atoms with Crippen molar-refractivity contribution < 1.29 is 8.78 Å². The van der Waals surface area contributed by atoms with E-state index in [1.165, 1.54) is 18.3 Å². The van der Waals surface area contributed by atoms with Gasteiger partial charge in [0, 0.05) is 30.1 Å². The highest BCUT2D eigenvalue weighted by Gasteiger charge is 2.24. The average molecular weight is 426 g/mol. The van der Waals surface area contributed by atoms with Crippen LogP contribution < -0.4 is 4.90 Å². The summed E-state index contributed by atoms with van der Waals surface area (Å²) in [5.41, 5.74) is 5.02. The van der Waals surface area contributed by atoms with Gasteiger partial charge in [0.15, 0.2) is 0 Å². The molecule has 0 saturated carbocycles. The molecule has 0 unspecified atom stereocenters. The number of allylic oxidation sites excluding steroid dienone is 5. The maximum atomic E-state index is 14.3. The van der Waals surface area contributed by atoms with Gasteiger partial charge in [-0.1, -0.05) is 24.8 Å². The molecular weight excluding hydrogens is 406 g/mol. The summed E-state index contributed by atoms with van der Waals surface area (Å²) < 4.78 is 28.1. The van der Waals surface area contributed by atoms with Crippen molar-refractivity contribution in [2.45, 2.75) is 12.8 Å². The van der Waals surface area contributed by atoms with Gasteiger partial charge in [0.05, 0.1) is 29.3 Å². The summed E-state index contributed by atoms with van der Waals surface area (Å²) in [6, 6.07) is 11.7. The van der Waals surface area contributed by atoms with Crippen molar-refractivity contribution in [1.29, 1.82) is 5.26 Å². The lowest BCUT2D eigenvalue weighted by Crippen LogP contribution is -2.22. The molecular formula is C26H20F2N4. The molecule has 6 heteroatoms. The number of anilines is 1. The number of nitrogens with zero attached hydrogens (tertiary/aromatic N) is 4. The summed E-state index contributed by atoms with van der Waals surface area (Å²) in [5, 5.41) is 9.49. The first kappa shape index (κ1) is 21.1. The Balaban J connectivity index is 1.95. The summed E-state index contributed by atoms with van der Waals surface area (Å²) in [6.07, 6.45) is 9.36. The second kappa shape index (κ2) is 8.94. The molecule has 32 heavy (non-hydrogen) atoms. The van der Waals surface area contributed by atoms with E-state index in [0.29, 0.717) is 29.7 Å². The third-order valence-corrected chi connectivity index (χ3v) is 5.52. The van der Waals surface area contributed by atoms with E-state index in [-0.39, 0.29) is 5.56 Å². The SMILES string of the molecule is C=C/C(=C\C1=C(N(C)c2cccnc2)CCc2cc(F)cnc21)c1cccc(F)c1C#N. The minimum Gasteiger partial charge on any atom is -0.346 e. The maximum Gasteiger partial charge on any atom is 0.141 e. The Kier molecular flexibility index (Phi) is 5.91. The van der Waals surface area contributed by atoms with Crippen molar-refractivity contribution >= 4 is 16.8 Å². The van der Waals surface area contributed by atoms with Gasteiger partial charge in [-0.25, -0.2) is 8.78 Å². The first-order valence-corrected chi connectivity index (χ1v) is 10.1. The van der Waals surface area contributed by atoms with Crippen LogP contribution >= 0.6 is 0 Å². The normalized spacial score (nSPS) is 13.4. The highest BCUT2D eigenvalue weighted by atomic mass is 19.1. The van der Waals surface area contributed by atoms with E-state index < -0.39 is 11.6 Å². The van der Waals surface area contributed by atoms with Crippen LogP contribution in [-0.4, -0.2) is 17.0 Å². The molecule has 2 aromatic heterocycles. The molecule has 158 valence electrons. The van der Waals surface area contributed by atoms with Gasteiger partial charge in [-0.15, -0.1) is 0 Å². The number of benzene rings is 1. The fourth-order valence-electron chi connectivity index (χ4n) is 3.93. The number of fused-ring (bicyclic) bond motifs is 1. The Hall–Kier alpha value is -4.11. The Morgan fingerprint density at radius 2 is 2.03 bits per heavy atom. The van der Waals surface area contributed by atoms with Crippen LogP contribution in [-0.2, 0) is 6.42 Å². The standard InChI is InChI=1S/C26H20F2N4/c1-3-17(21-7-4-8-24(28)23(21)14-29)13-22-25(32(2)20-6-5-11-30-16-20)10-9-18-12-19(27)15-31-26(18)22/h3-8,11-13,15-16H,1,9-10H2,2H3/b17-13+. The van der Waals surface area contributed by atoms with Crippen molar-refractivity contribution in [3.8, 4) is 6.07 Å². The molecule has 0 spiro atoms. The Morgan fingerprint density at radius 3 is 2.75 bits per heavy atom. The second-order valence-corrected chi connectivity index (χ2v) is 7.37. The van der Waals surface area contributed by atoms with E-state index in [1.54, 1.807) is 30.6 Å². The molecule has 0 fully saturated rings. The number of hydrogen-bond acceptors (Lipinski definition) is 4. The third kappa shape index (κ3) is 3.93. The lowest BCUT2D eigenvalue weighted by atomic mass is 9.89. The molecule has 2 heterocycles. The van der Waals surface area contributed by atoms with Crippen LogP contribution in [0.4, 0.5) is 14.5 Å². The largest absolute Gasteiger partial charge is 0.346 e. The predicted molar refractivity (Wildman–Crippen MR) is 121 cm³/mol. The summed E-state index contributed by atoms with van der Waals surface area (Å²) >= 11 is 0. The number of hydrogen-bond donors (Lipinski definition) is 0. The van der Waals surface area contributed by atoms with Crippen molar-refractivity contribution in [2.75, 3.05) is 11.9 Å². The molecule has 4 rings (SSSR count). The van der Waals surface area contributed by atoms with E-state index in [1.807, 2.05) is 36.2 Å². The van der Waals surface area contributed by atoms with Gasteiger partial charge in [0.2, 0.25) is 0 Å². The van der Waals surface area contributed by atoms with Crippen LogP contribution in [0.2, 0.25) is 0 Å². The summed E-state index contributed by atoms with van der Waals surface area (Å²) in [5.74, 6) is -0.986. The summed E-state index contributed by atoms with van der Waals surface area (Å²) in [6.45, 7) is 3.88. The number of pyridine rings is 2. The van der Waals surface area contributed by atoms with Crippen LogP contribution in [0.15, 0.2) is 79.4 Å². The number of halogens is 2. The first-order chi connectivity index (χ1) is 15.5. The van der Waals surface area contributed by atoms with E-state index in [0.717, 1.165) is 22.5 Å². The molecule has 0 aliphatic heterocycles. The third-order valence-electron chi connectivity index (χ3n) is 5.52. The molecule has 0 saturated heterocycles. The highest BCUT2D eigenvalue weighted by molar-refractivity contribution is 5.91. The number of nitriles is 1. The Bertz CT molecular complexity index is 1290. The topological polar surface area (TPSA) is 52.8 Å². The van der Waals surface area contributed by atoms with Gasteiger partial charge in [0.1, 0.15) is 17.7 Å². The van der Waals surface area contributed by atoms with Crippen molar-refractivity contribution in [3.05, 3.63) is 113 Å². The smallest absolute Gasteiger partial charge is 0.141 e. The summed E-state index contributed by atoms with van der Waals surface area (Å²) in [7, 11) is 1.94. The first-order valence-electron chi connectivity index (χ1n) is 10.1. The quantitative estimate of drug-likeness (QED) is 0.492. The van der Waals surface area contributed by atoms with E-state index >= 15 is 0 Å². The van der Waals surface area contributed by atoms with E-state index in [9.17, 15) is 14.0 Å². The van der Waals surface area contributed by atoms with Gasteiger partial charge in [-0.2, -0.15) is 5.26 Å². The molecule has 0 N–H and O–H groups in total. The zero-order valence-corrected chi connectivity index (χ0v) is 17.5. The molecule has 1 aromatic carbocycles. The molecule has 0 radical (unpaired) electrons. The lowest BCUT2D eigenvalue weighted by Gasteiger charge is -2.29. The molecule has 3 aromatic rings. The average Bonchev–Trinajstić information content (AvgIpc) is 2.82. The predicted octanol–water partition coefficient (Wildman–Crippen LogP) is 5.69. The fraction of sp³-hybridized carbons (Fsp3) is 0.115. The van der Waals surface area contributed by atoms with E-state index in [2.05, 4.69) is 16.5 Å². The fourth-order valence-corrected chi connectivity index (χ4v) is 3.93. The van der Waals surface area contributed by atoms with E-state index in [4.69, 9.17) is 0 Å². The molecule has 1 aliphatic carbocycles. The maximum absolute atomic E-state index is 14.3. The Labute approximate surface area is 185 Å². The van der Waals surface area contributed by atoms with Crippen LogP contribution in [0.5, 0.6) is 0 Å². The van der Waals surface area contributed by atoms with Gasteiger partial charge in [-0.3, -0.25) is 9.97 Å². The van der Waals surface area contributed by atoms with Crippen LogP contribution in [0.3, 0.4) is 0 Å². The minimum absolute atomic E-state index is 0.0514. The van der Waals surface area contributed by atoms with Crippen molar-refractivity contribution in [1.82, 2.24) is 9.97 Å². The molecule has 4 nitrogen and oxygen atoms in total. The highest BCUT2D eigenvalue weighted by Crippen LogP contribution is 2.36. The number of aromatic nitrogens is 2. The van der Waals surface area contributed by atoms with Crippen molar-refractivity contribution in [2.24, 2.45) is 0 Å². The van der Waals surface area contributed by atoms with Crippen molar-refractivity contribution in [3.63, 3.8) is 0 Å². The van der Waals surface area contributed by atoms with Crippen LogP contribution in [0.25, 0.3) is 11.1 Å². The second-order valence-electron chi connectivity index (χ2n) is 7.37. The zero-order valence-electron chi connectivity index (χ0n) is 17.5. The van der Waals surface area contributed by atoms with Gasteiger partial charge in [-0.05, 0) is 54.3 Å². The van der Waals surface area contributed by atoms with Gasteiger partial charge >= 0.3 is 0 Å². The number of aryl methyl sites for hydroxylation is 1. The van der Waals surface area contributed by atoms with Crippen LogP contribution in [0.1, 0.15) is 28.8 Å².